The van der Waals surface area contributed by atoms with E-state index in [1.807, 2.05) is 0 Å². The lowest BCUT2D eigenvalue weighted by molar-refractivity contribution is -0.132. The van der Waals surface area contributed by atoms with Gasteiger partial charge in [0.25, 0.3) is 0 Å². The van der Waals surface area contributed by atoms with Crippen LogP contribution in [-0.2, 0) is 4.79 Å². The topological polar surface area (TPSA) is 110 Å². The highest BCUT2D eigenvalue weighted by Crippen LogP contribution is 2.15. The number of aliphatic hydroxyl groups is 4. The van der Waals surface area contributed by atoms with Gasteiger partial charge >= 0.3 is 0 Å². The lowest BCUT2D eigenvalue weighted by Gasteiger charge is -2.27. The summed E-state index contributed by atoms with van der Waals surface area (Å²) in [6.07, 6.45) is 33.0. The minimum Gasteiger partial charge on any atom is -0.394 e. The van der Waals surface area contributed by atoms with Crippen molar-refractivity contribution >= 4 is 5.91 Å². The molecule has 0 aliphatic rings. The Balaban J connectivity index is 3.61. The second kappa shape index (κ2) is 32.4. The monoisotopic (exact) mass is 612 g/mol. The van der Waals surface area contributed by atoms with Crippen molar-refractivity contribution in [2.45, 2.75) is 212 Å². The molecule has 0 saturated carbocycles. The highest BCUT2D eigenvalue weighted by Gasteiger charge is 2.28. The van der Waals surface area contributed by atoms with Crippen molar-refractivity contribution < 1.29 is 25.2 Å². The molecule has 0 aliphatic heterocycles. The van der Waals surface area contributed by atoms with Crippen molar-refractivity contribution in [3.05, 3.63) is 12.2 Å². The van der Waals surface area contributed by atoms with Crippen molar-refractivity contribution in [2.24, 2.45) is 0 Å². The Bertz CT molecular complexity index is 614. The molecule has 1 amide bonds. The molecular weight excluding hydrogens is 538 g/mol. The van der Waals surface area contributed by atoms with Gasteiger partial charge in [-0.3, -0.25) is 4.79 Å². The Morgan fingerprint density at radius 1 is 0.558 bits per heavy atom. The van der Waals surface area contributed by atoms with E-state index < -0.39 is 36.9 Å². The summed E-state index contributed by atoms with van der Waals surface area (Å²) in [5.74, 6) is -0.594. The Morgan fingerprint density at radius 3 is 1.37 bits per heavy atom. The summed E-state index contributed by atoms with van der Waals surface area (Å²) in [5, 5.41) is 42.8. The number of aliphatic hydroxyl groups excluding tert-OH is 4. The van der Waals surface area contributed by atoms with Crippen LogP contribution in [0.4, 0.5) is 0 Å². The molecule has 0 radical (unpaired) electrons. The minimum atomic E-state index is -1.25. The van der Waals surface area contributed by atoms with Gasteiger partial charge in [-0.2, -0.15) is 0 Å². The van der Waals surface area contributed by atoms with Crippen LogP contribution < -0.4 is 5.32 Å². The molecule has 0 aliphatic carbocycles. The molecule has 0 saturated heterocycles. The first-order chi connectivity index (χ1) is 21.0. The molecular formula is C37H73NO5. The standard InChI is InChI=1S/C37H73NO5/c1-3-5-7-9-10-11-12-13-14-15-16-17-18-19-20-21-22-23-24-25-26-27-29-31-35(41)37(43)38-33(32-39)36(42)34(40)30-28-8-6-4-2/h19-20,33-36,39-42H,3-18,21-32H2,1-2H3,(H,38,43)/b20-19-. The maximum atomic E-state index is 12.3. The second-order valence-electron chi connectivity index (χ2n) is 12.9. The van der Waals surface area contributed by atoms with E-state index in [4.69, 9.17) is 0 Å². The van der Waals surface area contributed by atoms with Gasteiger partial charge < -0.3 is 25.7 Å². The van der Waals surface area contributed by atoms with E-state index in [0.717, 1.165) is 44.9 Å². The fourth-order valence-corrected chi connectivity index (χ4v) is 5.69. The number of amides is 1. The largest absolute Gasteiger partial charge is 0.394 e. The number of hydrogen-bond acceptors (Lipinski definition) is 5. The van der Waals surface area contributed by atoms with Crippen molar-refractivity contribution in [3.8, 4) is 0 Å². The van der Waals surface area contributed by atoms with E-state index in [-0.39, 0.29) is 0 Å². The van der Waals surface area contributed by atoms with Crippen LogP contribution in [0, 0.1) is 0 Å². The number of allylic oxidation sites excluding steroid dienone is 2. The summed E-state index contributed by atoms with van der Waals surface area (Å²) < 4.78 is 0. The lowest BCUT2D eigenvalue weighted by Crippen LogP contribution is -2.53. The average molecular weight is 612 g/mol. The molecule has 0 bridgehead atoms. The summed E-state index contributed by atoms with van der Waals surface area (Å²) in [7, 11) is 0. The Kier molecular flexibility index (Phi) is 31.7. The van der Waals surface area contributed by atoms with Crippen LogP contribution in [0.15, 0.2) is 12.2 Å². The predicted octanol–water partition coefficient (Wildman–Crippen LogP) is 8.67. The molecule has 6 nitrogen and oxygen atoms in total. The molecule has 43 heavy (non-hydrogen) atoms. The normalized spacial score (nSPS) is 14.7. The molecule has 0 rings (SSSR count). The fraction of sp³-hybridized carbons (Fsp3) is 0.919. The average Bonchev–Trinajstić information content (AvgIpc) is 3.01. The van der Waals surface area contributed by atoms with E-state index in [1.54, 1.807) is 0 Å². The molecule has 0 fully saturated rings. The molecule has 256 valence electrons. The molecule has 6 heteroatoms. The highest BCUT2D eigenvalue weighted by atomic mass is 16.3. The van der Waals surface area contributed by atoms with E-state index >= 15 is 0 Å². The van der Waals surface area contributed by atoms with Crippen LogP contribution in [0.1, 0.15) is 187 Å². The van der Waals surface area contributed by atoms with Crippen molar-refractivity contribution in [2.75, 3.05) is 6.61 Å². The van der Waals surface area contributed by atoms with Crippen LogP contribution in [0.25, 0.3) is 0 Å². The van der Waals surface area contributed by atoms with Gasteiger partial charge in [-0.05, 0) is 38.5 Å². The van der Waals surface area contributed by atoms with Gasteiger partial charge in [0.2, 0.25) is 5.91 Å². The van der Waals surface area contributed by atoms with Crippen LogP contribution in [0.3, 0.4) is 0 Å². The second-order valence-corrected chi connectivity index (χ2v) is 12.9. The highest BCUT2D eigenvalue weighted by molar-refractivity contribution is 5.80. The number of carbonyl (C=O) groups is 1. The molecule has 0 aromatic carbocycles. The first-order valence-corrected chi connectivity index (χ1v) is 18.6. The summed E-state index contributed by atoms with van der Waals surface area (Å²) in [6, 6.07) is -0.979. The van der Waals surface area contributed by atoms with Crippen LogP contribution >= 0.6 is 0 Å². The van der Waals surface area contributed by atoms with E-state index in [1.165, 1.54) is 116 Å². The number of carbonyl (C=O) groups excluding carboxylic acids is 1. The molecule has 4 unspecified atom stereocenters. The van der Waals surface area contributed by atoms with Gasteiger partial charge in [-0.1, -0.05) is 161 Å². The van der Waals surface area contributed by atoms with E-state index in [0.29, 0.717) is 12.8 Å². The lowest BCUT2D eigenvalue weighted by atomic mass is 9.99. The summed E-state index contributed by atoms with van der Waals surface area (Å²) in [5.41, 5.74) is 0. The maximum absolute atomic E-state index is 12.3. The molecule has 5 N–H and O–H groups in total. The summed E-state index contributed by atoms with van der Waals surface area (Å²) >= 11 is 0. The third-order valence-corrected chi connectivity index (χ3v) is 8.73. The van der Waals surface area contributed by atoms with Crippen LogP contribution in [-0.4, -0.2) is 57.3 Å². The Labute approximate surface area is 266 Å². The zero-order chi connectivity index (χ0) is 31.8. The third kappa shape index (κ3) is 27.1. The van der Waals surface area contributed by atoms with Gasteiger partial charge in [0, 0.05) is 0 Å². The quantitative estimate of drug-likeness (QED) is 0.0377. The Hall–Kier alpha value is -0.950. The molecule has 0 aromatic heterocycles. The zero-order valence-electron chi connectivity index (χ0n) is 28.5. The van der Waals surface area contributed by atoms with E-state index in [2.05, 4.69) is 31.3 Å². The van der Waals surface area contributed by atoms with Crippen molar-refractivity contribution in [3.63, 3.8) is 0 Å². The van der Waals surface area contributed by atoms with Gasteiger partial charge in [-0.15, -0.1) is 0 Å². The van der Waals surface area contributed by atoms with Crippen LogP contribution in [0.2, 0.25) is 0 Å². The first-order valence-electron chi connectivity index (χ1n) is 18.6. The molecule has 0 spiro atoms. The van der Waals surface area contributed by atoms with E-state index in [9.17, 15) is 25.2 Å². The first kappa shape index (κ1) is 42.0. The van der Waals surface area contributed by atoms with Crippen molar-refractivity contribution in [1.29, 1.82) is 0 Å². The third-order valence-electron chi connectivity index (χ3n) is 8.73. The predicted molar refractivity (Wildman–Crippen MR) is 182 cm³/mol. The number of nitrogens with one attached hydrogen (secondary N) is 1. The summed E-state index contributed by atoms with van der Waals surface area (Å²) in [4.78, 5) is 12.3. The molecule has 4 atom stereocenters. The number of rotatable bonds is 33. The molecule has 0 aromatic rings. The number of unbranched alkanes of at least 4 members (excludes halogenated alkanes) is 22. The van der Waals surface area contributed by atoms with Crippen molar-refractivity contribution in [1.82, 2.24) is 5.32 Å². The van der Waals surface area contributed by atoms with Gasteiger partial charge in [-0.25, -0.2) is 0 Å². The van der Waals surface area contributed by atoms with Gasteiger partial charge in [0.05, 0.1) is 18.8 Å². The summed E-state index contributed by atoms with van der Waals surface area (Å²) in [6.45, 7) is 3.90. The number of hydrogen-bond donors (Lipinski definition) is 5. The molecule has 0 heterocycles. The zero-order valence-corrected chi connectivity index (χ0v) is 28.5. The Morgan fingerprint density at radius 2 is 0.930 bits per heavy atom. The fourth-order valence-electron chi connectivity index (χ4n) is 5.69. The smallest absolute Gasteiger partial charge is 0.249 e. The minimum absolute atomic E-state index is 0.365. The van der Waals surface area contributed by atoms with Gasteiger partial charge in [0.15, 0.2) is 0 Å². The SMILES string of the molecule is CCCCCCCCCCCCCC/C=C\CCCCCCCCCC(O)C(=O)NC(CO)C(O)C(O)CCCCCC. The maximum Gasteiger partial charge on any atom is 0.249 e. The van der Waals surface area contributed by atoms with Gasteiger partial charge in [0.1, 0.15) is 12.2 Å². The van der Waals surface area contributed by atoms with Crippen LogP contribution in [0.5, 0.6) is 0 Å².